The van der Waals surface area contributed by atoms with Gasteiger partial charge in [-0.2, -0.15) is 0 Å². The molecular weight excluding hydrogens is 300 g/mol. The van der Waals surface area contributed by atoms with E-state index in [9.17, 15) is 18.0 Å². The number of nitrogens with one attached hydrogen (secondary N) is 1. The maximum atomic E-state index is 12.0. The molecule has 1 aromatic carbocycles. The standard InChI is InChI=1S/C12H16N2O6S/c1-20-10-5-4-8(21(13,18)19)7-9(10)12(17)14-6-2-3-11(15)16/h4-5,7H,2-3,6H2,1H3,(H,14,17)(H,15,16)(H2,13,18,19). The van der Waals surface area contributed by atoms with E-state index in [1.165, 1.54) is 19.2 Å². The van der Waals surface area contributed by atoms with Crippen LogP contribution in [0.1, 0.15) is 23.2 Å². The molecule has 0 aliphatic rings. The van der Waals surface area contributed by atoms with Crippen molar-refractivity contribution in [2.24, 2.45) is 5.14 Å². The Bertz CT molecular complexity index is 641. The summed E-state index contributed by atoms with van der Waals surface area (Å²) in [6.07, 6.45) is 0.187. The third kappa shape index (κ3) is 5.04. The Balaban J connectivity index is 2.89. The number of carbonyl (C=O) groups is 2. The van der Waals surface area contributed by atoms with Gasteiger partial charge >= 0.3 is 5.97 Å². The normalized spacial score (nSPS) is 11.0. The van der Waals surface area contributed by atoms with Gasteiger partial charge in [0.05, 0.1) is 17.6 Å². The summed E-state index contributed by atoms with van der Waals surface area (Å²) in [5.41, 5.74) is 0.0133. The molecule has 0 spiro atoms. The molecule has 0 aromatic heterocycles. The summed E-state index contributed by atoms with van der Waals surface area (Å²) in [6.45, 7) is 0.147. The van der Waals surface area contributed by atoms with Crippen molar-refractivity contribution in [2.75, 3.05) is 13.7 Å². The number of nitrogens with two attached hydrogens (primary N) is 1. The fraction of sp³-hybridized carbons (Fsp3) is 0.333. The molecule has 0 fully saturated rings. The van der Waals surface area contributed by atoms with E-state index >= 15 is 0 Å². The van der Waals surface area contributed by atoms with Crippen molar-refractivity contribution in [1.82, 2.24) is 5.32 Å². The van der Waals surface area contributed by atoms with Crippen LogP contribution in [-0.4, -0.2) is 39.1 Å². The molecule has 0 radical (unpaired) electrons. The number of primary sulfonamides is 1. The monoisotopic (exact) mass is 316 g/mol. The van der Waals surface area contributed by atoms with Crippen LogP contribution in [0.15, 0.2) is 23.1 Å². The third-order valence-electron chi connectivity index (χ3n) is 2.60. The van der Waals surface area contributed by atoms with E-state index in [1.54, 1.807) is 0 Å². The van der Waals surface area contributed by atoms with Crippen LogP contribution in [-0.2, 0) is 14.8 Å². The lowest BCUT2D eigenvalue weighted by molar-refractivity contribution is -0.137. The molecule has 0 aliphatic heterocycles. The van der Waals surface area contributed by atoms with Crippen LogP contribution >= 0.6 is 0 Å². The number of benzene rings is 1. The second-order valence-corrected chi connectivity index (χ2v) is 5.72. The Morgan fingerprint density at radius 1 is 1.38 bits per heavy atom. The lowest BCUT2D eigenvalue weighted by Crippen LogP contribution is -2.26. The van der Waals surface area contributed by atoms with Crippen molar-refractivity contribution >= 4 is 21.9 Å². The van der Waals surface area contributed by atoms with E-state index in [0.29, 0.717) is 0 Å². The van der Waals surface area contributed by atoms with Gasteiger partial charge in [0, 0.05) is 13.0 Å². The Hall–Kier alpha value is -2.13. The number of amides is 1. The molecule has 1 aromatic rings. The number of carboxylic acids is 1. The summed E-state index contributed by atoms with van der Waals surface area (Å²) >= 11 is 0. The molecule has 0 heterocycles. The molecular formula is C12H16N2O6S. The summed E-state index contributed by atoms with van der Waals surface area (Å²) in [5.74, 6) is -1.33. The number of hydrogen-bond donors (Lipinski definition) is 3. The molecule has 8 nitrogen and oxygen atoms in total. The lowest BCUT2D eigenvalue weighted by Gasteiger charge is -2.10. The molecule has 9 heteroatoms. The number of ether oxygens (including phenoxy) is 1. The number of hydrogen-bond acceptors (Lipinski definition) is 5. The molecule has 0 unspecified atom stereocenters. The summed E-state index contributed by atoms with van der Waals surface area (Å²) in [7, 11) is -2.59. The molecule has 0 aliphatic carbocycles. The molecule has 21 heavy (non-hydrogen) atoms. The summed E-state index contributed by atoms with van der Waals surface area (Å²) in [5, 5.41) is 16.0. The molecule has 116 valence electrons. The highest BCUT2D eigenvalue weighted by Crippen LogP contribution is 2.21. The zero-order chi connectivity index (χ0) is 16.0. The van der Waals surface area contributed by atoms with Gasteiger partial charge in [0.1, 0.15) is 5.75 Å². The van der Waals surface area contributed by atoms with E-state index in [2.05, 4.69) is 5.32 Å². The zero-order valence-corrected chi connectivity index (χ0v) is 12.1. The van der Waals surface area contributed by atoms with Crippen LogP contribution in [0.4, 0.5) is 0 Å². The second kappa shape index (κ2) is 7.04. The number of rotatable bonds is 7. The molecule has 4 N–H and O–H groups in total. The molecule has 1 rings (SSSR count). The minimum absolute atomic E-state index is 0.0133. The smallest absolute Gasteiger partial charge is 0.303 e. The first-order valence-corrected chi connectivity index (χ1v) is 7.51. The Kier molecular flexibility index (Phi) is 5.68. The van der Waals surface area contributed by atoms with Gasteiger partial charge in [-0.15, -0.1) is 0 Å². The van der Waals surface area contributed by atoms with Crippen molar-refractivity contribution in [2.45, 2.75) is 17.7 Å². The van der Waals surface area contributed by atoms with Gasteiger partial charge in [0.15, 0.2) is 0 Å². The van der Waals surface area contributed by atoms with Gasteiger partial charge in [0.25, 0.3) is 5.91 Å². The number of sulfonamides is 1. The van der Waals surface area contributed by atoms with Gasteiger partial charge in [-0.1, -0.05) is 0 Å². The highest BCUT2D eigenvalue weighted by Gasteiger charge is 2.17. The van der Waals surface area contributed by atoms with Gasteiger partial charge in [0.2, 0.25) is 10.0 Å². The minimum atomic E-state index is -3.93. The number of carboxylic acid groups (broad SMARTS) is 1. The van der Waals surface area contributed by atoms with Crippen LogP contribution in [0.3, 0.4) is 0 Å². The molecule has 0 saturated heterocycles. The van der Waals surface area contributed by atoms with E-state index in [-0.39, 0.29) is 35.6 Å². The number of aliphatic carboxylic acids is 1. The predicted molar refractivity (Wildman–Crippen MR) is 73.6 cm³/mol. The SMILES string of the molecule is COc1ccc(S(N)(=O)=O)cc1C(=O)NCCCC(=O)O. The van der Waals surface area contributed by atoms with Crippen LogP contribution in [0.5, 0.6) is 5.75 Å². The fourth-order valence-electron chi connectivity index (χ4n) is 1.58. The van der Waals surface area contributed by atoms with Gasteiger partial charge in [-0.05, 0) is 24.6 Å². The molecule has 0 bridgehead atoms. The number of methoxy groups -OCH3 is 1. The van der Waals surface area contributed by atoms with Crippen molar-refractivity contribution in [3.8, 4) is 5.75 Å². The summed E-state index contributed by atoms with van der Waals surface area (Å²) < 4.78 is 27.6. The van der Waals surface area contributed by atoms with Crippen LogP contribution in [0, 0.1) is 0 Å². The van der Waals surface area contributed by atoms with Crippen molar-refractivity contribution < 1.29 is 27.9 Å². The van der Waals surface area contributed by atoms with Gasteiger partial charge in [-0.3, -0.25) is 9.59 Å². The van der Waals surface area contributed by atoms with E-state index in [1.807, 2.05) is 0 Å². The van der Waals surface area contributed by atoms with Gasteiger partial charge in [-0.25, -0.2) is 13.6 Å². The van der Waals surface area contributed by atoms with E-state index in [4.69, 9.17) is 15.0 Å². The number of carbonyl (C=O) groups excluding carboxylic acids is 1. The average molecular weight is 316 g/mol. The molecule has 0 atom stereocenters. The first-order valence-electron chi connectivity index (χ1n) is 5.96. The lowest BCUT2D eigenvalue weighted by atomic mass is 10.2. The first-order chi connectivity index (χ1) is 9.75. The minimum Gasteiger partial charge on any atom is -0.496 e. The zero-order valence-electron chi connectivity index (χ0n) is 11.3. The van der Waals surface area contributed by atoms with Crippen molar-refractivity contribution in [1.29, 1.82) is 0 Å². The fourth-order valence-corrected chi connectivity index (χ4v) is 2.12. The first kappa shape index (κ1) is 16.9. The topological polar surface area (TPSA) is 136 Å². The van der Waals surface area contributed by atoms with Gasteiger partial charge < -0.3 is 15.2 Å². The highest BCUT2D eigenvalue weighted by atomic mass is 32.2. The second-order valence-electron chi connectivity index (χ2n) is 4.16. The highest BCUT2D eigenvalue weighted by molar-refractivity contribution is 7.89. The van der Waals surface area contributed by atoms with Crippen molar-refractivity contribution in [3.63, 3.8) is 0 Å². The third-order valence-corrected chi connectivity index (χ3v) is 3.51. The summed E-state index contributed by atoms with van der Waals surface area (Å²) in [4.78, 5) is 22.1. The predicted octanol–water partition coefficient (Wildman–Crippen LogP) is -0.0628. The Morgan fingerprint density at radius 3 is 2.57 bits per heavy atom. The maximum absolute atomic E-state index is 12.0. The van der Waals surface area contributed by atoms with E-state index < -0.39 is 21.9 Å². The van der Waals surface area contributed by atoms with Crippen LogP contribution in [0.2, 0.25) is 0 Å². The average Bonchev–Trinajstić information content (AvgIpc) is 2.41. The summed E-state index contributed by atoms with van der Waals surface area (Å²) in [6, 6.07) is 3.67. The Morgan fingerprint density at radius 2 is 2.05 bits per heavy atom. The Labute approximate surface area is 122 Å². The van der Waals surface area contributed by atoms with E-state index in [0.717, 1.165) is 6.07 Å². The van der Waals surface area contributed by atoms with Crippen molar-refractivity contribution in [3.05, 3.63) is 23.8 Å². The van der Waals surface area contributed by atoms with Crippen LogP contribution < -0.4 is 15.2 Å². The molecule has 1 amide bonds. The largest absolute Gasteiger partial charge is 0.496 e. The van der Waals surface area contributed by atoms with Crippen LogP contribution in [0.25, 0.3) is 0 Å². The quantitative estimate of drug-likeness (QED) is 0.603. The maximum Gasteiger partial charge on any atom is 0.303 e. The molecule has 0 saturated carbocycles.